The Labute approximate surface area is 90.4 Å². The maximum absolute atomic E-state index is 9.14. The van der Waals surface area contributed by atoms with E-state index in [0.29, 0.717) is 5.02 Å². The highest BCUT2D eigenvalue weighted by Crippen LogP contribution is 2.35. The SMILES string of the molecule is OCc1c(S)cc(Cl)c2sccc12. The van der Waals surface area contributed by atoms with Crippen LogP contribution in [0, 0.1) is 0 Å². The van der Waals surface area contributed by atoms with Crippen molar-refractivity contribution in [2.75, 3.05) is 0 Å². The van der Waals surface area contributed by atoms with Crippen LogP contribution < -0.4 is 0 Å². The number of aliphatic hydroxyl groups excluding tert-OH is 1. The average Bonchev–Trinajstić information content (AvgIpc) is 2.53. The van der Waals surface area contributed by atoms with Crippen molar-refractivity contribution >= 4 is 45.7 Å². The molecule has 13 heavy (non-hydrogen) atoms. The van der Waals surface area contributed by atoms with Crippen molar-refractivity contribution in [2.45, 2.75) is 11.5 Å². The number of fused-ring (bicyclic) bond motifs is 1. The predicted molar refractivity (Wildman–Crippen MR) is 60.0 cm³/mol. The minimum Gasteiger partial charge on any atom is -0.392 e. The summed E-state index contributed by atoms with van der Waals surface area (Å²) in [6.07, 6.45) is 0. The van der Waals surface area contributed by atoms with Crippen LogP contribution in [-0.4, -0.2) is 5.11 Å². The second kappa shape index (κ2) is 3.50. The summed E-state index contributed by atoms with van der Waals surface area (Å²) in [5.41, 5.74) is 0.851. The van der Waals surface area contributed by atoms with E-state index in [1.807, 2.05) is 11.4 Å². The Bertz CT molecular complexity index is 450. The van der Waals surface area contributed by atoms with E-state index in [9.17, 15) is 0 Å². The average molecular weight is 231 g/mol. The Morgan fingerprint density at radius 2 is 2.31 bits per heavy atom. The van der Waals surface area contributed by atoms with Gasteiger partial charge in [-0.1, -0.05) is 11.6 Å². The molecule has 0 unspecified atom stereocenters. The zero-order valence-electron chi connectivity index (χ0n) is 6.62. The van der Waals surface area contributed by atoms with E-state index in [2.05, 4.69) is 12.6 Å². The van der Waals surface area contributed by atoms with E-state index in [4.69, 9.17) is 16.7 Å². The van der Waals surface area contributed by atoms with Crippen molar-refractivity contribution in [2.24, 2.45) is 0 Å². The molecule has 0 saturated heterocycles. The molecule has 0 atom stereocenters. The van der Waals surface area contributed by atoms with Gasteiger partial charge in [-0.05, 0) is 23.1 Å². The molecule has 1 heterocycles. The second-order valence-corrected chi connectivity index (χ2v) is 4.48. The highest BCUT2D eigenvalue weighted by Gasteiger charge is 2.08. The number of rotatable bonds is 1. The van der Waals surface area contributed by atoms with Crippen molar-refractivity contribution in [1.82, 2.24) is 0 Å². The van der Waals surface area contributed by atoms with Crippen LogP contribution in [0.1, 0.15) is 5.56 Å². The third-order valence-corrected chi connectivity index (χ3v) is 3.69. The van der Waals surface area contributed by atoms with E-state index in [1.165, 1.54) is 0 Å². The number of hydrogen-bond donors (Lipinski definition) is 2. The summed E-state index contributed by atoms with van der Waals surface area (Å²) in [6, 6.07) is 3.73. The van der Waals surface area contributed by atoms with Gasteiger partial charge < -0.3 is 5.11 Å². The summed E-state index contributed by atoms with van der Waals surface area (Å²) in [6.45, 7) is 0.00321. The molecule has 0 aliphatic rings. The lowest BCUT2D eigenvalue weighted by Crippen LogP contribution is -1.86. The van der Waals surface area contributed by atoms with Gasteiger partial charge in [0, 0.05) is 10.3 Å². The fourth-order valence-electron chi connectivity index (χ4n) is 1.31. The molecule has 0 aliphatic heterocycles. The molecule has 0 spiro atoms. The summed E-state index contributed by atoms with van der Waals surface area (Å²) in [5, 5.41) is 12.8. The summed E-state index contributed by atoms with van der Waals surface area (Å²) in [7, 11) is 0. The third-order valence-electron chi connectivity index (χ3n) is 1.94. The monoisotopic (exact) mass is 230 g/mol. The molecule has 1 N–H and O–H groups in total. The van der Waals surface area contributed by atoms with Crippen LogP contribution in [0.3, 0.4) is 0 Å². The van der Waals surface area contributed by atoms with Crippen LogP contribution in [0.2, 0.25) is 5.02 Å². The maximum Gasteiger partial charge on any atom is 0.0699 e. The molecule has 1 aromatic heterocycles. The van der Waals surface area contributed by atoms with Gasteiger partial charge in [0.15, 0.2) is 0 Å². The quantitative estimate of drug-likeness (QED) is 0.720. The Hall–Kier alpha value is -0.220. The van der Waals surface area contributed by atoms with Crippen LogP contribution in [0.4, 0.5) is 0 Å². The lowest BCUT2D eigenvalue weighted by atomic mass is 10.1. The van der Waals surface area contributed by atoms with E-state index in [0.717, 1.165) is 20.5 Å². The van der Waals surface area contributed by atoms with Gasteiger partial charge in [0.05, 0.1) is 16.3 Å². The Balaban J connectivity index is 2.88. The largest absolute Gasteiger partial charge is 0.392 e. The Morgan fingerprint density at radius 1 is 1.54 bits per heavy atom. The smallest absolute Gasteiger partial charge is 0.0699 e. The molecule has 0 amide bonds. The highest BCUT2D eigenvalue weighted by molar-refractivity contribution is 7.80. The van der Waals surface area contributed by atoms with Gasteiger partial charge >= 0.3 is 0 Å². The fourth-order valence-corrected chi connectivity index (χ4v) is 2.88. The molecule has 0 aliphatic carbocycles. The van der Waals surface area contributed by atoms with Crippen molar-refractivity contribution in [1.29, 1.82) is 0 Å². The van der Waals surface area contributed by atoms with Crippen LogP contribution >= 0.6 is 35.6 Å². The molecule has 0 fully saturated rings. The third kappa shape index (κ3) is 1.46. The molecule has 68 valence electrons. The molecule has 2 aromatic rings. The first kappa shape index (κ1) is 9.34. The molecule has 0 saturated carbocycles. The van der Waals surface area contributed by atoms with Crippen molar-refractivity contribution < 1.29 is 5.11 Å². The molecular formula is C9H7ClOS2. The normalized spacial score (nSPS) is 11.0. The molecule has 0 radical (unpaired) electrons. The van der Waals surface area contributed by atoms with Crippen molar-refractivity contribution in [3.63, 3.8) is 0 Å². The van der Waals surface area contributed by atoms with Gasteiger partial charge in [0.1, 0.15) is 0 Å². The first-order valence-electron chi connectivity index (χ1n) is 3.72. The first-order valence-corrected chi connectivity index (χ1v) is 5.43. The van der Waals surface area contributed by atoms with Crippen LogP contribution in [0.5, 0.6) is 0 Å². The minimum absolute atomic E-state index is 0.00321. The summed E-state index contributed by atoms with van der Waals surface area (Å²) in [4.78, 5) is 0.749. The molecule has 2 rings (SSSR count). The zero-order valence-corrected chi connectivity index (χ0v) is 9.09. The van der Waals surface area contributed by atoms with E-state index in [-0.39, 0.29) is 6.61 Å². The van der Waals surface area contributed by atoms with Crippen LogP contribution in [0.25, 0.3) is 10.1 Å². The number of aliphatic hydroxyl groups is 1. The molecule has 4 heteroatoms. The van der Waals surface area contributed by atoms with Crippen LogP contribution in [-0.2, 0) is 6.61 Å². The lowest BCUT2D eigenvalue weighted by molar-refractivity contribution is 0.280. The number of hydrogen-bond acceptors (Lipinski definition) is 3. The van der Waals surface area contributed by atoms with Crippen molar-refractivity contribution in [3.05, 3.63) is 28.1 Å². The number of thiol groups is 1. The Morgan fingerprint density at radius 3 is 3.00 bits per heavy atom. The summed E-state index contributed by atoms with van der Waals surface area (Å²) < 4.78 is 1.02. The van der Waals surface area contributed by atoms with E-state index < -0.39 is 0 Å². The molecular weight excluding hydrogens is 224 g/mol. The van der Waals surface area contributed by atoms with Crippen molar-refractivity contribution in [3.8, 4) is 0 Å². The second-order valence-electron chi connectivity index (χ2n) is 2.68. The highest BCUT2D eigenvalue weighted by atomic mass is 35.5. The Kier molecular flexibility index (Phi) is 2.51. The van der Waals surface area contributed by atoms with Gasteiger partial charge in [-0.2, -0.15) is 0 Å². The van der Waals surface area contributed by atoms with Gasteiger partial charge in [-0.25, -0.2) is 0 Å². The number of benzene rings is 1. The van der Waals surface area contributed by atoms with E-state index >= 15 is 0 Å². The first-order chi connectivity index (χ1) is 6.24. The molecule has 0 bridgehead atoms. The summed E-state index contributed by atoms with van der Waals surface area (Å²) >= 11 is 11.8. The standard InChI is InChI=1S/C9H7ClOS2/c10-7-3-8(12)6(4-11)5-1-2-13-9(5)7/h1-3,11-12H,4H2. The predicted octanol–water partition coefficient (Wildman–Crippen LogP) is 3.34. The zero-order chi connectivity index (χ0) is 9.42. The summed E-state index contributed by atoms with van der Waals surface area (Å²) in [5.74, 6) is 0. The lowest BCUT2D eigenvalue weighted by Gasteiger charge is -2.04. The van der Waals surface area contributed by atoms with Gasteiger partial charge in [-0.3, -0.25) is 0 Å². The van der Waals surface area contributed by atoms with E-state index in [1.54, 1.807) is 17.4 Å². The van der Waals surface area contributed by atoms with Gasteiger partial charge in [0.25, 0.3) is 0 Å². The fraction of sp³-hybridized carbons (Fsp3) is 0.111. The molecule has 1 aromatic carbocycles. The maximum atomic E-state index is 9.14. The topological polar surface area (TPSA) is 20.2 Å². The minimum atomic E-state index is 0.00321. The van der Waals surface area contributed by atoms with Gasteiger partial charge in [-0.15, -0.1) is 24.0 Å². The van der Waals surface area contributed by atoms with Crippen LogP contribution in [0.15, 0.2) is 22.4 Å². The van der Waals surface area contributed by atoms with Gasteiger partial charge in [0.2, 0.25) is 0 Å². The number of halogens is 1. The number of thiophene rings is 1. The molecule has 1 nitrogen and oxygen atoms in total.